The first kappa shape index (κ1) is 23.2. The Bertz CT molecular complexity index is 961. The second-order valence-electron chi connectivity index (χ2n) is 7.52. The lowest BCUT2D eigenvalue weighted by molar-refractivity contribution is 0.172. The van der Waals surface area contributed by atoms with Crippen LogP contribution in [0.15, 0.2) is 66.0 Å². The van der Waals surface area contributed by atoms with Crippen LogP contribution in [0.3, 0.4) is 0 Å². The van der Waals surface area contributed by atoms with Crippen LogP contribution < -0.4 is 5.32 Å². The van der Waals surface area contributed by atoms with Gasteiger partial charge in [0.15, 0.2) is 5.96 Å². The van der Waals surface area contributed by atoms with E-state index in [9.17, 15) is 0 Å². The molecule has 0 unspecified atom stereocenters. The van der Waals surface area contributed by atoms with Crippen molar-refractivity contribution in [3.63, 3.8) is 0 Å². The van der Waals surface area contributed by atoms with E-state index in [2.05, 4.69) is 66.5 Å². The number of halogens is 1. The third-order valence-electron chi connectivity index (χ3n) is 5.46. The molecule has 1 saturated heterocycles. The lowest BCUT2D eigenvalue weighted by atomic mass is 10.2. The van der Waals surface area contributed by atoms with E-state index >= 15 is 0 Å². The maximum atomic E-state index is 4.57. The molecule has 1 aliphatic rings. The molecule has 0 aliphatic carbocycles. The Hall–Kier alpha value is -2.46. The third kappa shape index (κ3) is 6.04. The van der Waals surface area contributed by atoms with Crippen LogP contribution in [0.1, 0.15) is 17.0 Å². The monoisotopic (exact) mass is 531 g/mol. The highest BCUT2D eigenvalue weighted by Crippen LogP contribution is 2.10. The fourth-order valence-corrected chi connectivity index (χ4v) is 3.76. The molecule has 4 rings (SSSR count). The minimum atomic E-state index is 0. The van der Waals surface area contributed by atoms with Gasteiger partial charge in [0.25, 0.3) is 0 Å². The van der Waals surface area contributed by atoms with Gasteiger partial charge in [0.05, 0.1) is 0 Å². The number of rotatable bonds is 5. The minimum Gasteiger partial charge on any atom is -0.352 e. The summed E-state index contributed by atoms with van der Waals surface area (Å²) in [4.78, 5) is 18.1. The molecule has 1 fully saturated rings. The van der Waals surface area contributed by atoms with Crippen LogP contribution in [0.2, 0.25) is 0 Å². The molecule has 2 aromatic heterocycles. The molecule has 3 heterocycles. The van der Waals surface area contributed by atoms with Gasteiger partial charge in [0.2, 0.25) is 0 Å². The van der Waals surface area contributed by atoms with Crippen molar-refractivity contribution in [1.29, 1.82) is 0 Å². The lowest BCUT2D eigenvalue weighted by Gasteiger charge is -2.36. The van der Waals surface area contributed by atoms with Crippen molar-refractivity contribution in [3.05, 3.63) is 78.0 Å². The predicted molar refractivity (Wildman–Crippen MR) is 135 cm³/mol. The maximum absolute atomic E-state index is 4.57. The summed E-state index contributed by atoms with van der Waals surface area (Å²) < 4.78 is 1.98. The summed E-state index contributed by atoms with van der Waals surface area (Å²) in [6, 6.07) is 14.8. The zero-order valence-electron chi connectivity index (χ0n) is 18.1. The van der Waals surface area contributed by atoms with E-state index in [0.717, 1.165) is 55.9 Å². The molecule has 0 amide bonds. The van der Waals surface area contributed by atoms with Gasteiger partial charge in [0.1, 0.15) is 11.6 Å². The van der Waals surface area contributed by atoms with Crippen LogP contribution >= 0.6 is 24.0 Å². The van der Waals surface area contributed by atoms with E-state index in [1.165, 1.54) is 5.56 Å². The van der Waals surface area contributed by atoms with E-state index in [1.54, 1.807) is 6.20 Å². The first-order valence-corrected chi connectivity index (χ1v) is 10.4. The summed E-state index contributed by atoms with van der Waals surface area (Å²) in [5, 5.41) is 3.48. The smallest absolute Gasteiger partial charge is 0.194 e. The Morgan fingerprint density at radius 3 is 2.39 bits per heavy atom. The topological polar surface area (TPSA) is 61.6 Å². The number of imidazole rings is 1. The van der Waals surface area contributed by atoms with E-state index < -0.39 is 0 Å². The van der Waals surface area contributed by atoms with Gasteiger partial charge < -0.3 is 10.2 Å². The molecule has 1 aromatic carbocycles. The van der Waals surface area contributed by atoms with Crippen molar-refractivity contribution in [2.45, 2.75) is 20.0 Å². The largest absolute Gasteiger partial charge is 0.352 e. The van der Waals surface area contributed by atoms with E-state index in [1.807, 2.05) is 37.0 Å². The molecule has 1 aliphatic heterocycles. The number of hydrogen-bond acceptors (Lipinski definition) is 4. The molecule has 7 nitrogen and oxygen atoms in total. The average molecular weight is 531 g/mol. The first-order chi connectivity index (χ1) is 14.7. The number of aryl methyl sites for hydroxylation is 1. The Morgan fingerprint density at radius 2 is 1.77 bits per heavy atom. The fraction of sp³-hybridized carbons (Fsp3) is 0.348. The number of piperazine rings is 1. The normalized spacial score (nSPS) is 14.9. The van der Waals surface area contributed by atoms with Gasteiger partial charge in [-0.15, -0.1) is 24.0 Å². The molecule has 31 heavy (non-hydrogen) atoms. The summed E-state index contributed by atoms with van der Waals surface area (Å²) >= 11 is 0. The summed E-state index contributed by atoms with van der Waals surface area (Å²) in [6.07, 6.45) is 5.62. The Labute approximate surface area is 201 Å². The number of guanidine groups is 1. The van der Waals surface area contributed by atoms with E-state index in [0.29, 0.717) is 6.54 Å². The van der Waals surface area contributed by atoms with Gasteiger partial charge in [0, 0.05) is 64.9 Å². The van der Waals surface area contributed by atoms with Crippen LogP contribution in [-0.4, -0.2) is 63.5 Å². The lowest BCUT2D eigenvalue weighted by Crippen LogP contribution is -2.52. The van der Waals surface area contributed by atoms with Crippen molar-refractivity contribution in [2.24, 2.45) is 4.99 Å². The number of nitrogens with one attached hydrogen (secondary N) is 1. The Balaban J connectivity index is 0.00000272. The Morgan fingerprint density at radius 1 is 1.00 bits per heavy atom. The molecule has 3 aromatic rings. The molecule has 164 valence electrons. The van der Waals surface area contributed by atoms with E-state index in [4.69, 9.17) is 0 Å². The minimum absolute atomic E-state index is 0. The van der Waals surface area contributed by atoms with Crippen LogP contribution in [0, 0.1) is 6.92 Å². The predicted octanol–water partition coefficient (Wildman–Crippen LogP) is 3.09. The van der Waals surface area contributed by atoms with Gasteiger partial charge in [-0.1, -0.05) is 36.4 Å². The second-order valence-corrected chi connectivity index (χ2v) is 7.52. The molecule has 0 saturated carbocycles. The highest BCUT2D eigenvalue weighted by molar-refractivity contribution is 14.0. The molecule has 0 radical (unpaired) electrons. The fourth-order valence-electron chi connectivity index (χ4n) is 3.76. The zero-order valence-corrected chi connectivity index (χ0v) is 20.4. The van der Waals surface area contributed by atoms with Crippen molar-refractivity contribution in [1.82, 2.24) is 29.7 Å². The average Bonchev–Trinajstić information content (AvgIpc) is 3.22. The molecular formula is C23H30IN7. The van der Waals surface area contributed by atoms with Gasteiger partial charge in [-0.25, -0.2) is 9.97 Å². The standard InChI is InChI=1S/C23H29N7.HI/c1-19-25-10-11-30(19)22-9-8-21(16-26-22)17-27-23(24-2)29-14-12-28(13-15-29)18-20-6-4-3-5-7-20;/h3-11,16H,12-15,17-18H2,1-2H3,(H,24,27);1H. The quantitative estimate of drug-likeness (QED) is 0.312. The number of aliphatic imine (C=N–C) groups is 1. The van der Waals surface area contributed by atoms with Crippen LogP contribution in [0.4, 0.5) is 0 Å². The molecule has 1 N–H and O–H groups in total. The van der Waals surface area contributed by atoms with Crippen molar-refractivity contribution in [2.75, 3.05) is 33.2 Å². The van der Waals surface area contributed by atoms with Crippen LogP contribution in [0.25, 0.3) is 5.82 Å². The molecular weight excluding hydrogens is 501 g/mol. The first-order valence-electron chi connectivity index (χ1n) is 10.4. The van der Waals surface area contributed by atoms with Gasteiger partial charge >= 0.3 is 0 Å². The summed E-state index contributed by atoms with van der Waals surface area (Å²) in [5.74, 6) is 2.76. The zero-order chi connectivity index (χ0) is 20.8. The van der Waals surface area contributed by atoms with Crippen LogP contribution in [-0.2, 0) is 13.1 Å². The van der Waals surface area contributed by atoms with Gasteiger partial charge in [-0.05, 0) is 24.1 Å². The molecule has 0 atom stereocenters. The van der Waals surface area contributed by atoms with Crippen molar-refractivity contribution in [3.8, 4) is 5.82 Å². The number of aromatic nitrogens is 3. The summed E-state index contributed by atoms with van der Waals surface area (Å²) in [7, 11) is 1.85. The number of pyridine rings is 1. The van der Waals surface area contributed by atoms with Crippen molar-refractivity contribution < 1.29 is 0 Å². The number of nitrogens with zero attached hydrogens (tertiary/aromatic N) is 6. The third-order valence-corrected chi connectivity index (χ3v) is 5.46. The SMILES string of the molecule is CN=C(NCc1ccc(-n2ccnc2C)nc1)N1CCN(Cc2ccccc2)CC1.I. The second kappa shape index (κ2) is 11.2. The Kier molecular flexibility index (Phi) is 8.42. The maximum Gasteiger partial charge on any atom is 0.194 e. The van der Waals surface area contributed by atoms with Gasteiger partial charge in [-0.3, -0.25) is 14.5 Å². The van der Waals surface area contributed by atoms with Crippen LogP contribution in [0.5, 0.6) is 0 Å². The number of hydrogen-bond donors (Lipinski definition) is 1. The summed E-state index contributed by atoms with van der Waals surface area (Å²) in [6.45, 7) is 7.71. The number of benzene rings is 1. The van der Waals surface area contributed by atoms with Crippen molar-refractivity contribution >= 4 is 29.9 Å². The molecule has 0 spiro atoms. The summed E-state index contributed by atoms with van der Waals surface area (Å²) in [5.41, 5.74) is 2.50. The highest BCUT2D eigenvalue weighted by atomic mass is 127. The van der Waals surface area contributed by atoms with E-state index in [-0.39, 0.29) is 24.0 Å². The highest BCUT2D eigenvalue weighted by Gasteiger charge is 2.19. The van der Waals surface area contributed by atoms with Gasteiger partial charge in [-0.2, -0.15) is 0 Å². The molecule has 8 heteroatoms. The molecule has 0 bridgehead atoms.